The van der Waals surface area contributed by atoms with Crippen LogP contribution in [0.3, 0.4) is 0 Å². The number of hydrogen-bond donors (Lipinski definition) is 3. The number of carbonyl (C=O) groups is 1. The molecule has 150 valence electrons. The molecular formula is C15H25N6O5P. The summed E-state index contributed by atoms with van der Waals surface area (Å²) < 4.78 is 24.4. The van der Waals surface area contributed by atoms with Gasteiger partial charge in [0.25, 0.3) is 7.52 Å². The lowest BCUT2D eigenvalue weighted by atomic mass is 10.4. The standard InChI is InChI=1S/C15H25N6O5P/c1-9(2)26-15(22)11(4)20-27(23,24)8-25-10(3)5-21-7-19-12-13(16)17-6-18-14(12)21/h6-7,9-11H,5,8H2,1-4H3,(H2,16,17,18)(H2,20,23,24)/t10-,11+/m1/s1. The number of anilines is 1. The van der Waals surface area contributed by atoms with E-state index in [1.54, 1.807) is 31.7 Å². The first kappa shape index (κ1) is 21.2. The van der Waals surface area contributed by atoms with Gasteiger partial charge in [-0.3, -0.25) is 9.36 Å². The Bertz CT molecular complexity index is 841. The number of fused-ring (bicyclic) bond motifs is 1. The van der Waals surface area contributed by atoms with E-state index in [0.29, 0.717) is 17.7 Å². The van der Waals surface area contributed by atoms with E-state index in [0.717, 1.165) is 0 Å². The van der Waals surface area contributed by atoms with Crippen LogP contribution in [0.5, 0.6) is 0 Å². The highest BCUT2D eigenvalue weighted by molar-refractivity contribution is 7.55. The summed E-state index contributed by atoms with van der Waals surface area (Å²) in [4.78, 5) is 33.9. The minimum atomic E-state index is -3.89. The molecule has 2 aromatic heterocycles. The van der Waals surface area contributed by atoms with Crippen LogP contribution in [-0.2, 0) is 25.4 Å². The number of rotatable bonds is 9. The predicted octanol–water partition coefficient (Wildman–Crippen LogP) is 0.886. The maximum atomic E-state index is 12.2. The van der Waals surface area contributed by atoms with Crippen molar-refractivity contribution in [1.82, 2.24) is 24.6 Å². The Kier molecular flexibility index (Phi) is 6.88. The molecule has 0 aliphatic carbocycles. The number of carbonyl (C=O) groups excluding carboxylic acids is 1. The Morgan fingerprint density at radius 1 is 1.33 bits per heavy atom. The quantitative estimate of drug-likeness (QED) is 0.408. The summed E-state index contributed by atoms with van der Waals surface area (Å²) in [5, 5.41) is 2.37. The van der Waals surface area contributed by atoms with E-state index in [-0.39, 0.29) is 11.9 Å². The number of esters is 1. The van der Waals surface area contributed by atoms with Gasteiger partial charge in [-0.1, -0.05) is 0 Å². The van der Waals surface area contributed by atoms with Crippen LogP contribution in [0.1, 0.15) is 27.7 Å². The summed E-state index contributed by atoms with van der Waals surface area (Å²) in [6.45, 7) is 6.95. The Morgan fingerprint density at radius 3 is 2.70 bits per heavy atom. The largest absolute Gasteiger partial charge is 0.462 e. The molecule has 0 aliphatic rings. The van der Waals surface area contributed by atoms with Crippen molar-refractivity contribution in [3.63, 3.8) is 0 Å². The summed E-state index contributed by atoms with van der Waals surface area (Å²) in [6.07, 6.45) is 1.70. The smallest absolute Gasteiger partial charge is 0.323 e. The number of nitrogens with two attached hydrogens (primary N) is 1. The first-order valence-corrected chi connectivity index (χ1v) is 10.3. The van der Waals surface area contributed by atoms with Crippen molar-refractivity contribution >= 4 is 30.5 Å². The van der Waals surface area contributed by atoms with Crippen molar-refractivity contribution in [1.29, 1.82) is 0 Å². The zero-order valence-electron chi connectivity index (χ0n) is 15.7. The minimum Gasteiger partial charge on any atom is -0.462 e. The van der Waals surface area contributed by atoms with Crippen molar-refractivity contribution < 1.29 is 23.7 Å². The lowest BCUT2D eigenvalue weighted by Crippen LogP contribution is -2.35. The molecule has 3 atom stereocenters. The first-order valence-electron chi connectivity index (χ1n) is 8.42. The van der Waals surface area contributed by atoms with Crippen LogP contribution in [0.25, 0.3) is 11.2 Å². The lowest BCUT2D eigenvalue weighted by Gasteiger charge is -2.21. The number of hydrogen-bond acceptors (Lipinski definition) is 8. The fraction of sp³-hybridized carbons (Fsp3) is 0.600. The van der Waals surface area contributed by atoms with E-state index in [1.807, 2.05) is 0 Å². The van der Waals surface area contributed by atoms with E-state index in [4.69, 9.17) is 15.2 Å². The van der Waals surface area contributed by atoms with Gasteiger partial charge in [-0.05, 0) is 27.7 Å². The highest BCUT2D eigenvalue weighted by Crippen LogP contribution is 2.36. The first-order chi connectivity index (χ1) is 12.6. The highest BCUT2D eigenvalue weighted by atomic mass is 31.2. The van der Waals surface area contributed by atoms with Gasteiger partial charge in [0.05, 0.1) is 25.1 Å². The Balaban J connectivity index is 1.90. The van der Waals surface area contributed by atoms with Crippen molar-refractivity contribution in [3.05, 3.63) is 12.7 Å². The van der Waals surface area contributed by atoms with E-state index in [9.17, 15) is 14.3 Å². The molecule has 11 nitrogen and oxygen atoms in total. The second-order valence-electron chi connectivity index (χ2n) is 6.47. The SMILES string of the molecule is CC(C)OC(=O)[C@H](C)NP(=O)(O)CO[C@H](C)Cn1cnc2c(N)ncnc21. The van der Waals surface area contributed by atoms with Gasteiger partial charge in [0.1, 0.15) is 24.2 Å². The molecule has 0 amide bonds. The van der Waals surface area contributed by atoms with Crippen molar-refractivity contribution in [2.75, 3.05) is 12.1 Å². The van der Waals surface area contributed by atoms with Gasteiger partial charge in [0.15, 0.2) is 11.5 Å². The molecule has 12 heteroatoms. The second kappa shape index (κ2) is 8.75. The molecule has 2 rings (SSSR count). The second-order valence-corrected chi connectivity index (χ2v) is 8.39. The third kappa shape index (κ3) is 5.96. The lowest BCUT2D eigenvalue weighted by molar-refractivity contribution is -0.149. The maximum Gasteiger partial charge on any atom is 0.323 e. The number of imidazole rings is 1. The predicted molar refractivity (Wildman–Crippen MR) is 98.8 cm³/mol. The normalized spacial score (nSPS) is 16.2. The van der Waals surface area contributed by atoms with Crippen LogP contribution in [-0.4, -0.2) is 55.0 Å². The van der Waals surface area contributed by atoms with E-state index < -0.39 is 32.0 Å². The van der Waals surface area contributed by atoms with Crippen LogP contribution >= 0.6 is 7.52 Å². The van der Waals surface area contributed by atoms with Crippen LogP contribution in [0.15, 0.2) is 12.7 Å². The Hall–Kier alpha value is -2.07. The van der Waals surface area contributed by atoms with E-state index in [1.165, 1.54) is 13.3 Å². The minimum absolute atomic E-state index is 0.277. The van der Waals surface area contributed by atoms with Gasteiger partial charge in [-0.2, -0.15) is 0 Å². The monoisotopic (exact) mass is 400 g/mol. The summed E-state index contributed by atoms with van der Waals surface area (Å²) in [6, 6.07) is -0.931. The molecule has 0 aromatic carbocycles. The molecular weight excluding hydrogens is 375 g/mol. The molecule has 0 saturated heterocycles. The molecule has 0 saturated carbocycles. The van der Waals surface area contributed by atoms with Gasteiger partial charge >= 0.3 is 5.97 Å². The number of nitrogen functional groups attached to an aromatic ring is 1. The number of nitrogens with one attached hydrogen (secondary N) is 1. The Morgan fingerprint density at radius 2 is 2.04 bits per heavy atom. The van der Waals surface area contributed by atoms with Crippen molar-refractivity contribution in [2.24, 2.45) is 0 Å². The van der Waals surface area contributed by atoms with Gasteiger partial charge in [-0.25, -0.2) is 20.0 Å². The molecule has 2 aromatic rings. The fourth-order valence-corrected chi connectivity index (χ4v) is 3.56. The average Bonchev–Trinajstić information content (AvgIpc) is 2.96. The molecule has 27 heavy (non-hydrogen) atoms. The third-order valence-electron chi connectivity index (χ3n) is 3.52. The molecule has 0 bridgehead atoms. The molecule has 0 spiro atoms. The van der Waals surface area contributed by atoms with Gasteiger partial charge < -0.3 is 24.7 Å². The zero-order valence-corrected chi connectivity index (χ0v) is 16.6. The zero-order chi connectivity index (χ0) is 20.2. The number of aromatic nitrogens is 4. The summed E-state index contributed by atoms with van der Waals surface area (Å²) in [7, 11) is -3.89. The average molecular weight is 400 g/mol. The van der Waals surface area contributed by atoms with Crippen LogP contribution in [0.4, 0.5) is 5.82 Å². The third-order valence-corrected chi connectivity index (χ3v) is 4.81. The van der Waals surface area contributed by atoms with Crippen LogP contribution in [0, 0.1) is 0 Å². The summed E-state index contributed by atoms with van der Waals surface area (Å²) >= 11 is 0. The summed E-state index contributed by atoms with van der Waals surface area (Å²) in [5.41, 5.74) is 6.78. The van der Waals surface area contributed by atoms with E-state index >= 15 is 0 Å². The van der Waals surface area contributed by atoms with Crippen LogP contribution in [0.2, 0.25) is 0 Å². The maximum absolute atomic E-state index is 12.2. The molecule has 0 fully saturated rings. The van der Waals surface area contributed by atoms with Crippen LogP contribution < -0.4 is 10.8 Å². The molecule has 0 aliphatic heterocycles. The topological polar surface area (TPSA) is 154 Å². The van der Waals surface area contributed by atoms with Crippen molar-refractivity contribution in [2.45, 2.75) is 52.5 Å². The molecule has 4 N–H and O–H groups in total. The van der Waals surface area contributed by atoms with Crippen molar-refractivity contribution in [3.8, 4) is 0 Å². The summed E-state index contributed by atoms with van der Waals surface area (Å²) in [5.74, 6) is -0.326. The van der Waals surface area contributed by atoms with Gasteiger partial charge in [0, 0.05) is 0 Å². The number of ether oxygens (including phenoxy) is 2. The van der Waals surface area contributed by atoms with Gasteiger partial charge in [-0.15, -0.1) is 0 Å². The van der Waals surface area contributed by atoms with E-state index in [2.05, 4.69) is 20.0 Å². The Labute approximate surface area is 156 Å². The molecule has 0 radical (unpaired) electrons. The molecule has 1 unspecified atom stereocenters. The van der Waals surface area contributed by atoms with Gasteiger partial charge in [0.2, 0.25) is 0 Å². The fourth-order valence-electron chi connectivity index (χ4n) is 2.32. The molecule has 2 heterocycles. The highest BCUT2D eigenvalue weighted by Gasteiger charge is 2.27. The number of nitrogens with zero attached hydrogens (tertiary/aromatic N) is 4.